The van der Waals surface area contributed by atoms with Crippen LogP contribution in [0.4, 0.5) is 5.69 Å². The van der Waals surface area contributed by atoms with E-state index in [0.29, 0.717) is 23.6 Å². The second-order valence-corrected chi connectivity index (χ2v) is 5.32. The highest BCUT2D eigenvalue weighted by atomic mass is 32.1. The summed E-state index contributed by atoms with van der Waals surface area (Å²) in [6.45, 7) is 0.472. The van der Waals surface area contributed by atoms with Crippen molar-refractivity contribution in [1.82, 2.24) is 0 Å². The fourth-order valence-corrected chi connectivity index (χ4v) is 3.00. The molecular formula is C16H12N2OS. The molecule has 0 aliphatic rings. The number of hydrogen-bond donors (Lipinski definition) is 1. The van der Waals surface area contributed by atoms with E-state index >= 15 is 0 Å². The summed E-state index contributed by atoms with van der Waals surface area (Å²) in [5, 5.41) is 12.1. The van der Waals surface area contributed by atoms with E-state index in [-0.39, 0.29) is 0 Å². The van der Waals surface area contributed by atoms with Crippen LogP contribution in [0.2, 0.25) is 0 Å². The van der Waals surface area contributed by atoms with Crippen LogP contribution in [0.5, 0.6) is 5.75 Å². The Morgan fingerprint density at radius 2 is 2.05 bits per heavy atom. The van der Waals surface area contributed by atoms with Gasteiger partial charge >= 0.3 is 0 Å². The van der Waals surface area contributed by atoms with Gasteiger partial charge in [-0.15, -0.1) is 11.3 Å². The molecule has 0 unspecified atom stereocenters. The lowest BCUT2D eigenvalue weighted by molar-refractivity contribution is 0.310. The van der Waals surface area contributed by atoms with Gasteiger partial charge in [0.15, 0.2) is 0 Å². The molecule has 0 atom stereocenters. The van der Waals surface area contributed by atoms with E-state index in [9.17, 15) is 0 Å². The van der Waals surface area contributed by atoms with Crippen LogP contribution in [0.15, 0.2) is 47.8 Å². The summed E-state index contributed by atoms with van der Waals surface area (Å²) in [7, 11) is 0. The van der Waals surface area contributed by atoms with Gasteiger partial charge in [0.2, 0.25) is 0 Å². The molecule has 0 radical (unpaired) electrons. The van der Waals surface area contributed by atoms with Gasteiger partial charge in [-0.2, -0.15) is 5.26 Å². The lowest BCUT2D eigenvalue weighted by Crippen LogP contribution is -1.98. The van der Waals surface area contributed by atoms with Crippen molar-refractivity contribution in [3.05, 3.63) is 59.0 Å². The molecule has 98 valence electrons. The Bertz CT molecular complexity index is 802. The van der Waals surface area contributed by atoms with Crippen LogP contribution >= 0.6 is 11.3 Å². The zero-order chi connectivity index (χ0) is 13.9. The first-order valence-corrected chi connectivity index (χ1v) is 7.03. The molecule has 2 aromatic carbocycles. The zero-order valence-corrected chi connectivity index (χ0v) is 11.5. The second kappa shape index (κ2) is 5.24. The molecule has 0 aliphatic heterocycles. The number of ether oxygens (including phenoxy) is 1. The SMILES string of the molecule is N#Cc1ccc(OCc2csc3ccccc23)c(N)c1. The first-order valence-electron chi connectivity index (χ1n) is 6.15. The molecular weight excluding hydrogens is 268 g/mol. The number of fused-ring (bicyclic) bond motifs is 1. The van der Waals surface area contributed by atoms with Crippen molar-refractivity contribution in [3.8, 4) is 11.8 Å². The maximum atomic E-state index is 8.81. The molecule has 0 bridgehead atoms. The van der Waals surface area contributed by atoms with Crippen molar-refractivity contribution in [2.45, 2.75) is 6.61 Å². The number of anilines is 1. The van der Waals surface area contributed by atoms with E-state index in [4.69, 9.17) is 15.7 Å². The maximum Gasteiger partial charge on any atom is 0.142 e. The van der Waals surface area contributed by atoms with Crippen LogP contribution in [-0.4, -0.2) is 0 Å². The number of thiophene rings is 1. The van der Waals surface area contributed by atoms with Crippen LogP contribution in [0, 0.1) is 11.3 Å². The highest BCUT2D eigenvalue weighted by molar-refractivity contribution is 7.17. The summed E-state index contributed by atoms with van der Waals surface area (Å²) in [5.74, 6) is 0.610. The largest absolute Gasteiger partial charge is 0.487 e. The molecule has 1 aromatic heterocycles. The lowest BCUT2D eigenvalue weighted by Gasteiger charge is -2.08. The topological polar surface area (TPSA) is 59.0 Å². The lowest BCUT2D eigenvalue weighted by atomic mass is 10.2. The molecule has 1 heterocycles. The zero-order valence-electron chi connectivity index (χ0n) is 10.7. The van der Waals surface area contributed by atoms with Gasteiger partial charge in [0.25, 0.3) is 0 Å². The summed E-state index contributed by atoms with van der Waals surface area (Å²) in [4.78, 5) is 0. The van der Waals surface area contributed by atoms with E-state index in [1.807, 2.05) is 12.1 Å². The second-order valence-electron chi connectivity index (χ2n) is 4.41. The van der Waals surface area contributed by atoms with Crippen LogP contribution < -0.4 is 10.5 Å². The summed E-state index contributed by atoms with van der Waals surface area (Å²) >= 11 is 1.71. The van der Waals surface area contributed by atoms with Gasteiger partial charge < -0.3 is 10.5 Å². The molecule has 20 heavy (non-hydrogen) atoms. The Morgan fingerprint density at radius 3 is 2.85 bits per heavy atom. The Labute approximate surface area is 120 Å². The quantitative estimate of drug-likeness (QED) is 0.739. The molecule has 0 spiro atoms. The Morgan fingerprint density at radius 1 is 1.20 bits per heavy atom. The Kier molecular flexibility index (Phi) is 3.28. The first-order chi connectivity index (χ1) is 9.78. The third-order valence-electron chi connectivity index (χ3n) is 3.08. The Balaban J connectivity index is 1.81. The van der Waals surface area contributed by atoms with Crippen molar-refractivity contribution >= 4 is 27.1 Å². The van der Waals surface area contributed by atoms with Gasteiger partial charge in [-0.05, 0) is 35.0 Å². The minimum atomic E-state index is 0.472. The fourth-order valence-electron chi connectivity index (χ4n) is 2.05. The summed E-state index contributed by atoms with van der Waals surface area (Å²) in [6, 6.07) is 15.4. The van der Waals surface area contributed by atoms with Gasteiger partial charge in [0, 0.05) is 10.3 Å². The average molecular weight is 280 g/mol. The number of nitriles is 1. The highest BCUT2D eigenvalue weighted by Gasteiger charge is 2.06. The van der Waals surface area contributed by atoms with Crippen LogP contribution in [0.3, 0.4) is 0 Å². The summed E-state index contributed by atoms with van der Waals surface area (Å²) in [6.07, 6.45) is 0. The molecule has 0 amide bonds. The van der Waals surface area contributed by atoms with Gasteiger partial charge in [-0.25, -0.2) is 0 Å². The van der Waals surface area contributed by atoms with Crippen molar-refractivity contribution in [1.29, 1.82) is 5.26 Å². The number of hydrogen-bond acceptors (Lipinski definition) is 4. The predicted molar refractivity (Wildman–Crippen MR) is 81.7 cm³/mol. The molecule has 3 rings (SSSR count). The summed E-state index contributed by atoms with van der Waals surface area (Å²) in [5.41, 5.74) is 8.05. The molecule has 4 heteroatoms. The molecule has 2 N–H and O–H groups in total. The molecule has 3 nitrogen and oxygen atoms in total. The number of rotatable bonds is 3. The molecule has 0 aliphatic carbocycles. The minimum Gasteiger partial charge on any atom is -0.487 e. The van der Waals surface area contributed by atoms with Crippen molar-refractivity contribution in [2.75, 3.05) is 5.73 Å². The third kappa shape index (κ3) is 2.31. The standard InChI is InChI=1S/C16H12N2OS/c17-8-11-5-6-15(14(18)7-11)19-9-12-10-20-16-4-2-1-3-13(12)16/h1-7,10H,9,18H2. The van der Waals surface area contributed by atoms with E-state index < -0.39 is 0 Å². The Hall–Kier alpha value is -2.51. The number of nitrogens with zero attached hydrogens (tertiary/aromatic N) is 1. The number of nitrogen functional groups attached to an aromatic ring is 1. The van der Waals surface area contributed by atoms with Crippen molar-refractivity contribution in [3.63, 3.8) is 0 Å². The van der Waals surface area contributed by atoms with Crippen LogP contribution in [0.25, 0.3) is 10.1 Å². The monoisotopic (exact) mass is 280 g/mol. The predicted octanol–water partition coefficient (Wildman–Crippen LogP) is 3.93. The molecule has 0 saturated heterocycles. The fraction of sp³-hybridized carbons (Fsp3) is 0.0625. The normalized spacial score (nSPS) is 10.3. The minimum absolute atomic E-state index is 0.472. The maximum absolute atomic E-state index is 8.81. The van der Waals surface area contributed by atoms with Crippen LogP contribution in [0.1, 0.15) is 11.1 Å². The van der Waals surface area contributed by atoms with Crippen LogP contribution in [-0.2, 0) is 6.61 Å². The van der Waals surface area contributed by atoms with E-state index in [1.54, 1.807) is 29.5 Å². The van der Waals surface area contributed by atoms with E-state index in [0.717, 1.165) is 5.56 Å². The number of nitrogens with two attached hydrogens (primary N) is 1. The van der Waals surface area contributed by atoms with Crippen molar-refractivity contribution < 1.29 is 4.74 Å². The summed E-state index contributed by atoms with van der Waals surface area (Å²) < 4.78 is 7.01. The van der Waals surface area contributed by atoms with Gasteiger partial charge in [-0.1, -0.05) is 18.2 Å². The smallest absolute Gasteiger partial charge is 0.142 e. The average Bonchev–Trinajstić information content (AvgIpc) is 2.89. The molecule has 3 aromatic rings. The van der Waals surface area contributed by atoms with E-state index in [1.165, 1.54) is 10.1 Å². The van der Waals surface area contributed by atoms with Gasteiger partial charge in [0.05, 0.1) is 17.3 Å². The molecule has 0 saturated carbocycles. The van der Waals surface area contributed by atoms with E-state index in [2.05, 4.69) is 23.6 Å². The first kappa shape index (κ1) is 12.5. The van der Waals surface area contributed by atoms with Gasteiger partial charge in [-0.3, -0.25) is 0 Å². The molecule has 0 fully saturated rings. The van der Waals surface area contributed by atoms with Gasteiger partial charge in [0.1, 0.15) is 12.4 Å². The third-order valence-corrected chi connectivity index (χ3v) is 4.10. The van der Waals surface area contributed by atoms with Crippen molar-refractivity contribution in [2.24, 2.45) is 0 Å². The highest BCUT2D eigenvalue weighted by Crippen LogP contribution is 2.28. The number of benzene rings is 2.